The van der Waals surface area contributed by atoms with E-state index in [0.717, 1.165) is 23.0 Å². The third kappa shape index (κ3) is 3.07. The van der Waals surface area contributed by atoms with Crippen LogP contribution in [0.4, 0.5) is 0 Å². The average Bonchev–Trinajstić information content (AvgIpc) is 2.96. The van der Waals surface area contributed by atoms with Crippen molar-refractivity contribution in [1.29, 1.82) is 0 Å². The predicted molar refractivity (Wildman–Crippen MR) is 86.8 cm³/mol. The standard InChI is InChI=1S/C18H16N2O2/c19-22-18(21)9-7-14-6-8-16-10-11-20(17(16)12-14)13-15-4-2-1-3-5-15/h1-12H,13,19H2/b9-7+. The highest BCUT2D eigenvalue weighted by Gasteiger charge is 2.03. The van der Waals surface area contributed by atoms with Crippen LogP contribution in [0.1, 0.15) is 11.1 Å². The molecule has 4 heteroatoms. The molecule has 0 saturated carbocycles. The molecular weight excluding hydrogens is 276 g/mol. The Morgan fingerprint density at radius 3 is 2.73 bits per heavy atom. The zero-order valence-electron chi connectivity index (χ0n) is 12.0. The van der Waals surface area contributed by atoms with E-state index in [0.29, 0.717) is 0 Å². The highest BCUT2D eigenvalue weighted by molar-refractivity contribution is 5.88. The molecule has 0 fully saturated rings. The van der Waals surface area contributed by atoms with Gasteiger partial charge in [0, 0.05) is 24.3 Å². The van der Waals surface area contributed by atoms with Gasteiger partial charge in [0.2, 0.25) is 0 Å². The molecule has 1 aromatic heterocycles. The van der Waals surface area contributed by atoms with Crippen LogP contribution in [0.25, 0.3) is 17.0 Å². The first-order valence-corrected chi connectivity index (χ1v) is 6.98. The topological polar surface area (TPSA) is 57.2 Å². The van der Waals surface area contributed by atoms with E-state index in [4.69, 9.17) is 5.90 Å². The summed E-state index contributed by atoms with van der Waals surface area (Å²) in [6.07, 6.45) is 5.07. The largest absolute Gasteiger partial charge is 0.370 e. The lowest BCUT2D eigenvalue weighted by Gasteiger charge is -2.06. The van der Waals surface area contributed by atoms with Crippen molar-refractivity contribution in [3.05, 3.63) is 78.0 Å². The molecule has 0 atom stereocenters. The number of hydrogen-bond acceptors (Lipinski definition) is 3. The van der Waals surface area contributed by atoms with Gasteiger partial charge in [0.15, 0.2) is 0 Å². The first kappa shape index (κ1) is 14.1. The molecule has 2 aromatic carbocycles. The molecular formula is C18H16N2O2. The molecule has 22 heavy (non-hydrogen) atoms. The predicted octanol–water partition coefficient (Wildman–Crippen LogP) is 3.12. The van der Waals surface area contributed by atoms with Gasteiger partial charge < -0.3 is 9.40 Å². The van der Waals surface area contributed by atoms with E-state index < -0.39 is 5.97 Å². The monoisotopic (exact) mass is 292 g/mol. The first-order chi connectivity index (χ1) is 10.8. The summed E-state index contributed by atoms with van der Waals surface area (Å²) in [5, 5.41) is 1.16. The van der Waals surface area contributed by atoms with Crippen LogP contribution in [-0.4, -0.2) is 10.5 Å². The average molecular weight is 292 g/mol. The first-order valence-electron chi connectivity index (χ1n) is 6.98. The van der Waals surface area contributed by atoms with E-state index in [2.05, 4.69) is 33.8 Å². The second kappa shape index (κ2) is 6.28. The van der Waals surface area contributed by atoms with Gasteiger partial charge in [-0.25, -0.2) is 4.79 Å². The van der Waals surface area contributed by atoms with Crippen molar-refractivity contribution in [3.63, 3.8) is 0 Å². The third-order valence-corrected chi connectivity index (χ3v) is 3.52. The minimum Gasteiger partial charge on any atom is -0.370 e. The molecule has 0 bridgehead atoms. The molecule has 0 radical (unpaired) electrons. The third-order valence-electron chi connectivity index (χ3n) is 3.52. The molecule has 0 aliphatic heterocycles. The van der Waals surface area contributed by atoms with Crippen LogP contribution in [0.3, 0.4) is 0 Å². The summed E-state index contributed by atoms with van der Waals surface area (Å²) in [6, 6.07) is 18.4. The number of nitrogens with zero attached hydrogens (tertiary/aromatic N) is 1. The summed E-state index contributed by atoms with van der Waals surface area (Å²) >= 11 is 0. The molecule has 3 aromatic rings. The highest BCUT2D eigenvalue weighted by Crippen LogP contribution is 2.20. The Kier molecular flexibility index (Phi) is 4.03. The molecule has 0 aliphatic carbocycles. The SMILES string of the molecule is NOC(=O)/C=C/c1ccc2ccn(Cc3ccccc3)c2c1. The Labute approximate surface area is 128 Å². The fourth-order valence-corrected chi connectivity index (χ4v) is 2.43. The van der Waals surface area contributed by atoms with Crippen molar-refractivity contribution in [2.24, 2.45) is 5.90 Å². The van der Waals surface area contributed by atoms with Crippen LogP contribution >= 0.6 is 0 Å². The smallest absolute Gasteiger partial charge is 0.349 e. The maximum atomic E-state index is 11.1. The lowest BCUT2D eigenvalue weighted by atomic mass is 10.1. The molecule has 0 spiro atoms. The fraction of sp³-hybridized carbons (Fsp3) is 0.0556. The van der Waals surface area contributed by atoms with Gasteiger partial charge in [-0.15, -0.1) is 0 Å². The molecule has 0 unspecified atom stereocenters. The van der Waals surface area contributed by atoms with E-state index in [9.17, 15) is 4.79 Å². The van der Waals surface area contributed by atoms with E-state index >= 15 is 0 Å². The van der Waals surface area contributed by atoms with Crippen molar-refractivity contribution < 1.29 is 9.63 Å². The summed E-state index contributed by atoms with van der Waals surface area (Å²) in [4.78, 5) is 15.2. The summed E-state index contributed by atoms with van der Waals surface area (Å²) in [6.45, 7) is 0.808. The minimum absolute atomic E-state index is 0.570. The van der Waals surface area contributed by atoms with Crippen LogP contribution in [0.15, 0.2) is 66.9 Å². The number of nitrogens with two attached hydrogens (primary N) is 1. The van der Waals surface area contributed by atoms with Crippen molar-refractivity contribution >= 4 is 22.9 Å². The second-order valence-electron chi connectivity index (χ2n) is 5.02. The zero-order valence-corrected chi connectivity index (χ0v) is 12.0. The number of carbonyl (C=O) groups excluding carboxylic acids is 1. The molecule has 110 valence electrons. The van der Waals surface area contributed by atoms with Crippen molar-refractivity contribution in [2.45, 2.75) is 6.54 Å². The van der Waals surface area contributed by atoms with Crippen molar-refractivity contribution in [3.8, 4) is 0 Å². The summed E-state index contributed by atoms with van der Waals surface area (Å²) < 4.78 is 2.18. The van der Waals surface area contributed by atoms with Crippen molar-refractivity contribution in [1.82, 2.24) is 4.57 Å². The van der Waals surface area contributed by atoms with Crippen molar-refractivity contribution in [2.75, 3.05) is 0 Å². The van der Waals surface area contributed by atoms with Gasteiger partial charge in [0.25, 0.3) is 0 Å². The van der Waals surface area contributed by atoms with Gasteiger partial charge in [0.05, 0.1) is 0 Å². The molecule has 1 heterocycles. The summed E-state index contributed by atoms with van der Waals surface area (Å²) in [5.74, 6) is 4.25. The van der Waals surface area contributed by atoms with Gasteiger partial charge in [0.1, 0.15) is 0 Å². The van der Waals surface area contributed by atoms with E-state index in [1.165, 1.54) is 11.6 Å². The van der Waals surface area contributed by atoms with Crippen LogP contribution in [0, 0.1) is 0 Å². The van der Waals surface area contributed by atoms with Gasteiger partial charge >= 0.3 is 5.97 Å². The minimum atomic E-state index is -0.570. The van der Waals surface area contributed by atoms with Gasteiger partial charge in [-0.2, -0.15) is 5.90 Å². The molecule has 4 nitrogen and oxygen atoms in total. The van der Waals surface area contributed by atoms with Gasteiger partial charge in [-0.05, 0) is 34.7 Å². The molecule has 3 rings (SSSR count). The molecule has 0 amide bonds. The number of benzene rings is 2. The Bertz CT molecular complexity index is 819. The summed E-state index contributed by atoms with van der Waals surface area (Å²) in [5.41, 5.74) is 3.28. The lowest BCUT2D eigenvalue weighted by molar-refractivity contribution is -0.138. The Morgan fingerprint density at radius 1 is 1.14 bits per heavy atom. The van der Waals surface area contributed by atoms with E-state index in [1.807, 2.05) is 36.4 Å². The van der Waals surface area contributed by atoms with Crippen LogP contribution in [-0.2, 0) is 16.2 Å². The second-order valence-corrected chi connectivity index (χ2v) is 5.02. The van der Waals surface area contributed by atoms with Gasteiger partial charge in [-0.3, -0.25) is 0 Å². The normalized spacial score (nSPS) is 11.1. The van der Waals surface area contributed by atoms with Crippen LogP contribution in [0.5, 0.6) is 0 Å². The van der Waals surface area contributed by atoms with Gasteiger partial charge in [-0.1, -0.05) is 42.5 Å². The van der Waals surface area contributed by atoms with Crippen LogP contribution in [0.2, 0.25) is 0 Å². The number of aromatic nitrogens is 1. The summed E-state index contributed by atoms with van der Waals surface area (Å²) in [7, 11) is 0. The molecule has 0 aliphatic rings. The maximum absolute atomic E-state index is 11.1. The lowest BCUT2D eigenvalue weighted by Crippen LogP contribution is -2.05. The molecule has 2 N–H and O–H groups in total. The highest BCUT2D eigenvalue weighted by atomic mass is 16.7. The Hall–Kier alpha value is -2.85. The quantitative estimate of drug-likeness (QED) is 0.594. The number of rotatable bonds is 4. The van der Waals surface area contributed by atoms with Crippen LogP contribution < -0.4 is 5.90 Å². The number of carbonyl (C=O) groups is 1. The Balaban J connectivity index is 1.92. The molecule has 0 saturated heterocycles. The van der Waals surface area contributed by atoms with E-state index in [1.54, 1.807) is 6.08 Å². The number of fused-ring (bicyclic) bond motifs is 1. The number of hydrogen-bond donors (Lipinski definition) is 1. The zero-order chi connectivity index (χ0) is 15.4. The maximum Gasteiger partial charge on any atom is 0.349 e. The Morgan fingerprint density at radius 2 is 1.95 bits per heavy atom. The fourth-order valence-electron chi connectivity index (χ4n) is 2.43. The van der Waals surface area contributed by atoms with E-state index in [-0.39, 0.29) is 0 Å².